The number of hydrogen-bond acceptors (Lipinski definition) is 3. The van der Waals surface area contributed by atoms with Gasteiger partial charge in [0.1, 0.15) is 5.75 Å². The summed E-state index contributed by atoms with van der Waals surface area (Å²) in [4.78, 5) is 0. The van der Waals surface area contributed by atoms with Crippen molar-refractivity contribution in [2.45, 2.75) is 38.8 Å². The number of rotatable bonds is 4. The molecule has 0 fully saturated rings. The Morgan fingerprint density at radius 2 is 2.29 bits per heavy atom. The molecule has 0 amide bonds. The van der Waals surface area contributed by atoms with Crippen molar-refractivity contribution in [3.05, 3.63) is 23.8 Å². The van der Waals surface area contributed by atoms with E-state index in [9.17, 15) is 0 Å². The average molecular weight is 234 g/mol. The summed E-state index contributed by atoms with van der Waals surface area (Å²) in [5, 5.41) is 7.07. The minimum atomic E-state index is 0.525. The molecule has 1 atom stereocenters. The van der Waals surface area contributed by atoms with Gasteiger partial charge in [-0.05, 0) is 24.5 Å². The molecule has 1 aliphatic heterocycles. The van der Waals surface area contributed by atoms with Crippen LogP contribution in [0.3, 0.4) is 0 Å². The van der Waals surface area contributed by atoms with Crippen LogP contribution in [0.25, 0.3) is 0 Å². The number of hydrogen-bond donors (Lipinski definition) is 2. The molecule has 17 heavy (non-hydrogen) atoms. The van der Waals surface area contributed by atoms with Crippen LogP contribution in [-0.2, 0) is 6.42 Å². The van der Waals surface area contributed by atoms with Gasteiger partial charge >= 0.3 is 0 Å². The van der Waals surface area contributed by atoms with E-state index in [2.05, 4.69) is 36.6 Å². The standard InChI is InChI=1S/C14H22N2O/c1-10(2)15-9-12-6-4-11-5-7-13(17-3)8-14(11)16-12/h5,7-8,10,12,15-16H,4,6,9H2,1-3H3. The molecule has 1 aliphatic rings. The van der Waals surface area contributed by atoms with E-state index >= 15 is 0 Å². The van der Waals surface area contributed by atoms with Crippen LogP contribution >= 0.6 is 0 Å². The van der Waals surface area contributed by atoms with Crippen LogP contribution in [0, 0.1) is 0 Å². The van der Waals surface area contributed by atoms with E-state index in [-0.39, 0.29) is 0 Å². The predicted octanol–water partition coefficient (Wildman–Crippen LogP) is 2.42. The van der Waals surface area contributed by atoms with Crippen molar-refractivity contribution in [1.29, 1.82) is 0 Å². The van der Waals surface area contributed by atoms with Gasteiger partial charge in [0, 0.05) is 30.4 Å². The molecule has 2 N–H and O–H groups in total. The molecule has 3 heteroatoms. The second kappa shape index (κ2) is 5.41. The third-order valence-corrected chi connectivity index (χ3v) is 3.21. The highest BCUT2D eigenvalue weighted by Crippen LogP contribution is 2.28. The van der Waals surface area contributed by atoms with Crippen LogP contribution in [0.1, 0.15) is 25.8 Å². The Kier molecular flexibility index (Phi) is 3.89. The smallest absolute Gasteiger partial charge is 0.120 e. The highest BCUT2D eigenvalue weighted by Gasteiger charge is 2.17. The van der Waals surface area contributed by atoms with E-state index in [1.165, 1.54) is 17.7 Å². The normalized spacial score (nSPS) is 18.7. The summed E-state index contributed by atoms with van der Waals surface area (Å²) in [7, 11) is 1.71. The fourth-order valence-corrected chi connectivity index (χ4v) is 2.19. The first-order chi connectivity index (χ1) is 8.19. The first-order valence-electron chi connectivity index (χ1n) is 6.36. The molecular weight excluding hydrogens is 212 g/mol. The SMILES string of the molecule is COc1ccc2c(c1)NC(CNC(C)C)CC2. The van der Waals surface area contributed by atoms with Crippen LogP contribution in [0.15, 0.2) is 18.2 Å². The Labute approximate surface area is 104 Å². The Bertz CT molecular complexity index is 376. The molecule has 1 aromatic carbocycles. The molecule has 3 nitrogen and oxygen atoms in total. The number of ether oxygens (including phenoxy) is 1. The molecule has 0 spiro atoms. The van der Waals surface area contributed by atoms with Crippen molar-refractivity contribution in [2.75, 3.05) is 19.0 Å². The maximum absolute atomic E-state index is 5.26. The number of fused-ring (bicyclic) bond motifs is 1. The Morgan fingerprint density at radius 3 is 3.00 bits per heavy atom. The van der Waals surface area contributed by atoms with Gasteiger partial charge in [0.2, 0.25) is 0 Å². The Hall–Kier alpha value is -1.22. The van der Waals surface area contributed by atoms with Crippen molar-refractivity contribution in [2.24, 2.45) is 0 Å². The summed E-state index contributed by atoms with van der Waals surface area (Å²) < 4.78 is 5.26. The van der Waals surface area contributed by atoms with Gasteiger partial charge in [-0.3, -0.25) is 0 Å². The Balaban J connectivity index is 2.01. The number of nitrogens with one attached hydrogen (secondary N) is 2. The summed E-state index contributed by atoms with van der Waals surface area (Å²) in [6, 6.07) is 7.36. The minimum Gasteiger partial charge on any atom is -0.497 e. The molecule has 1 aromatic rings. The third-order valence-electron chi connectivity index (χ3n) is 3.21. The molecule has 0 saturated carbocycles. The lowest BCUT2D eigenvalue weighted by atomic mass is 9.98. The minimum absolute atomic E-state index is 0.525. The van der Waals surface area contributed by atoms with Crippen LogP contribution < -0.4 is 15.4 Å². The van der Waals surface area contributed by atoms with Crippen molar-refractivity contribution >= 4 is 5.69 Å². The topological polar surface area (TPSA) is 33.3 Å². The molecule has 0 radical (unpaired) electrons. The van der Waals surface area contributed by atoms with E-state index < -0.39 is 0 Å². The van der Waals surface area contributed by atoms with Crippen LogP contribution in [0.2, 0.25) is 0 Å². The van der Waals surface area contributed by atoms with E-state index in [0.29, 0.717) is 12.1 Å². The monoisotopic (exact) mass is 234 g/mol. The fraction of sp³-hybridized carbons (Fsp3) is 0.571. The molecular formula is C14H22N2O. The lowest BCUT2D eigenvalue weighted by Gasteiger charge is -2.28. The summed E-state index contributed by atoms with van der Waals surface area (Å²) in [5.41, 5.74) is 2.62. The molecule has 94 valence electrons. The van der Waals surface area contributed by atoms with Crippen molar-refractivity contribution in [3.63, 3.8) is 0 Å². The molecule has 0 aliphatic carbocycles. The van der Waals surface area contributed by atoms with E-state index in [0.717, 1.165) is 18.7 Å². The van der Waals surface area contributed by atoms with Gasteiger partial charge < -0.3 is 15.4 Å². The molecule has 0 bridgehead atoms. The van der Waals surface area contributed by atoms with Gasteiger partial charge in [-0.1, -0.05) is 19.9 Å². The van der Waals surface area contributed by atoms with Crippen molar-refractivity contribution in [3.8, 4) is 5.75 Å². The fourth-order valence-electron chi connectivity index (χ4n) is 2.19. The largest absolute Gasteiger partial charge is 0.497 e. The molecule has 0 aromatic heterocycles. The van der Waals surface area contributed by atoms with Crippen molar-refractivity contribution in [1.82, 2.24) is 5.32 Å². The predicted molar refractivity (Wildman–Crippen MR) is 71.9 cm³/mol. The van der Waals surface area contributed by atoms with Crippen LogP contribution in [-0.4, -0.2) is 25.7 Å². The third kappa shape index (κ3) is 3.13. The number of benzene rings is 1. The maximum Gasteiger partial charge on any atom is 0.120 e. The maximum atomic E-state index is 5.26. The van der Waals surface area contributed by atoms with Crippen LogP contribution in [0.4, 0.5) is 5.69 Å². The number of anilines is 1. The lowest BCUT2D eigenvalue weighted by Crippen LogP contribution is -2.38. The van der Waals surface area contributed by atoms with Gasteiger partial charge in [0.05, 0.1) is 7.11 Å². The van der Waals surface area contributed by atoms with Gasteiger partial charge in [-0.15, -0.1) is 0 Å². The van der Waals surface area contributed by atoms with Crippen LogP contribution in [0.5, 0.6) is 5.75 Å². The van der Waals surface area contributed by atoms with Gasteiger partial charge in [-0.2, -0.15) is 0 Å². The second-order valence-corrected chi connectivity index (χ2v) is 4.97. The number of methoxy groups -OCH3 is 1. The highest BCUT2D eigenvalue weighted by molar-refractivity contribution is 5.57. The van der Waals surface area contributed by atoms with Gasteiger partial charge in [-0.25, -0.2) is 0 Å². The Morgan fingerprint density at radius 1 is 1.47 bits per heavy atom. The van der Waals surface area contributed by atoms with E-state index in [4.69, 9.17) is 4.74 Å². The first-order valence-corrected chi connectivity index (χ1v) is 6.36. The average Bonchev–Trinajstić information content (AvgIpc) is 2.35. The molecule has 1 unspecified atom stereocenters. The molecule has 2 rings (SSSR count). The lowest BCUT2D eigenvalue weighted by molar-refractivity contribution is 0.414. The second-order valence-electron chi connectivity index (χ2n) is 4.97. The zero-order valence-electron chi connectivity index (χ0n) is 10.9. The quantitative estimate of drug-likeness (QED) is 0.839. The number of aryl methyl sites for hydroxylation is 1. The van der Waals surface area contributed by atoms with Crippen molar-refractivity contribution < 1.29 is 4.74 Å². The highest BCUT2D eigenvalue weighted by atomic mass is 16.5. The summed E-state index contributed by atoms with van der Waals surface area (Å²) >= 11 is 0. The van der Waals surface area contributed by atoms with E-state index in [1.807, 2.05) is 6.07 Å². The molecule has 1 heterocycles. The zero-order valence-corrected chi connectivity index (χ0v) is 10.9. The van der Waals surface area contributed by atoms with Gasteiger partial charge in [0.15, 0.2) is 0 Å². The summed E-state index contributed by atoms with van der Waals surface area (Å²) in [6.45, 7) is 5.38. The first kappa shape index (κ1) is 12.2. The van der Waals surface area contributed by atoms with E-state index in [1.54, 1.807) is 7.11 Å². The molecule has 0 saturated heterocycles. The zero-order chi connectivity index (χ0) is 12.3. The summed E-state index contributed by atoms with van der Waals surface area (Å²) in [5.74, 6) is 0.925. The van der Waals surface area contributed by atoms with Gasteiger partial charge in [0.25, 0.3) is 0 Å². The summed E-state index contributed by atoms with van der Waals surface area (Å²) in [6.07, 6.45) is 2.34.